The zero-order chi connectivity index (χ0) is 16.4. The fourth-order valence-corrected chi connectivity index (χ4v) is 3.06. The molecule has 0 aliphatic carbocycles. The topological polar surface area (TPSA) is 84.3 Å². The molecule has 2 heterocycles. The van der Waals surface area contributed by atoms with E-state index in [0.717, 1.165) is 5.56 Å². The van der Waals surface area contributed by atoms with E-state index in [0.29, 0.717) is 24.8 Å². The predicted octanol–water partition coefficient (Wildman–Crippen LogP) is 1.13. The third-order valence-corrected chi connectivity index (χ3v) is 4.35. The van der Waals surface area contributed by atoms with Gasteiger partial charge in [0.15, 0.2) is 0 Å². The van der Waals surface area contributed by atoms with Crippen molar-refractivity contribution in [3.63, 3.8) is 0 Å². The van der Waals surface area contributed by atoms with Crippen LogP contribution in [0, 0.1) is 6.92 Å². The Bertz CT molecular complexity index is 796. The molecule has 0 radical (unpaired) electrons. The smallest absolute Gasteiger partial charge is 0.330 e. The van der Waals surface area contributed by atoms with Gasteiger partial charge in [0.25, 0.3) is 5.56 Å². The first-order valence-corrected chi connectivity index (χ1v) is 7.68. The third-order valence-electron chi connectivity index (χ3n) is 4.35. The van der Waals surface area contributed by atoms with E-state index < -0.39 is 17.5 Å². The lowest BCUT2D eigenvalue weighted by Crippen LogP contribution is -2.38. The van der Waals surface area contributed by atoms with E-state index in [1.165, 1.54) is 10.8 Å². The lowest BCUT2D eigenvalue weighted by Gasteiger charge is -2.28. The molecule has 0 amide bonds. The molecule has 0 bridgehead atoms. The van der Waals surface area contributed by atoms with Crippen molar-refractivity contribution >= 4 is 0 Å². The molecular weight excluding hydrogens is 296 g/mol. The standard InChI is InChI=1S/C17H20N2O4/c1-12-10-19(16(22)18-15(12)21)14-7-8-17(11-20,23-14)9-13-5-3-2-4-6-13/h2-6,10,14,20H,7-9,11H2,1H3,(H,18,21,22)/t14-,17+/m0/s1. The fraction of sp³-hybridized carbons (Fsp3) is 0.412. The Balaban J connectivity index is 1.85. The average molecular weight is 316 g/mol. The second-order valence-corrected chi connectivity index (χ2v) is 6.09. The minimum atomic E-state index is -0.699. The van der Waals surface area contributed by atoms with Crippen molar-refractivity contribution in [3.8, 4) is 0 Å². The fourth-order valence-electron chi connectivity index (χ4n) is 3.06. The Morgan fingerprint density at radius 3 is 2.78 bits per heavy atom. The zero-order valence-corrected chi connectivity index (χ0v) is 13.0. The molecule has 0 spiro atoms. The Labute approximate surface area is 133 Å². The lowest BCUT2D eigenvalue weighted by molar-refractivity contribution is -0.0988. The summed E-state index contributed by atoms with van der Waals surface area (Å²) in [7, 11) is 0. The molecule has 1 aromatic carbocycles. The van der Waals surface area contributed by atoms with Crippen molar-refractivity contribution in [1.29, 1.82) is 0 Å². The number of benzene rings is 1. The molecule has 23 heavy (non-hydrogen) atoms. The Kier molecular flexibility index (Phi) is 4.19. The maximum Gasteiger partial charge on any atom is 0.330 e. The normalized spacial score (nSPS) is 24.0. The number of aryl methyl sites for hydroxylation is 1. The van der Waals surface area contributed by atoms with Gasteiger partial charge in [0.05, 0.1) is 12.2 Å². The number of aliphatic hydroxyl groups excluding tert-OH is 1. The van der Waals surface area contributed by atoms with Crippen LogP contribution in [0.15, 0.2) is 46.1 Å². The number of hydrogen-bond acceptors (Lipinski definition) is 4. The molecule has 6 heteroatoms. The predicted molar refractivity (Wildman–Crippen MR) is 85.4 cm³/mol. The summed E-state index contributed by atoms with van der Waals surface area (Å²) in [6.07, 6.45) is 2.88. The third kappa shape index (κ3) is 3.13. The number of aliphatic hydroxyl groups is 1. The van der Waals surface area contributed by atoms with Crippen molar-refractivity contribution in [2.75, 3.05) is 6.61 Å². The molecule has 2 N–H and O–H groups in total. The number of hydrogen-bond donors (Lipinski definition) is 2. The van der Waals surface area contributed by atoms with Gasteiger partial charge in [-0.25, -0.2) is 4.79 Å². The molecule has 1 aliphatic heterocycles. The van der Waals surface area contributed by atoms with Gasteiger partial charge in [-0.05, 0) is 25.3 Å². The molecule has 1 aromatic heterocycles. The Morgan fingerprint density at radius 1 is 1.35 bits per heavy atom. The first-order chi connectivity index (χ1) is 11.0. The summed E-state index contributed by atoms with van der Waals surface area (Å²) in [6.45, 7) is 1.53. The van der Waals surface area contributed by atoms with Gasteiger partial charge in [0.1, 0.15) is 6.23 Å². The summed E-state index contributed by atoms with van der Waals surface area (Å²) in [5, 5.41) is 9.84. The van der Waals surface area contributed by atoms with E-state index in [-0.39, 0.29) is 12.2 Å². The van der Waals surface area contributed by atoms with Crippen molar-refractivity contribution in [2.45, 2.75) is 38.0 Å². The second-order valence-electron chi connectivity index (χ2n) is 6.09. The number of nitrogens with one attached hydrogen (secondary N) is 1. The van der Waals surface area contributed by atoms with Crippen LogP contribution >= 0.6 is 0 Å². The quantitative estimate of drug-likeness (QED) is 0.885. The van der Waals surface area contributed by atoms with Crippen molar-refractivity contribution in [3.05, 3.63) is 68.5 Å². The summed E-state index contributed by atoms with van der Waals surface area (Å²) in [5.74, 6) is 0. The Hall–Kier alpha value is -2.18. The van der Waals surface area contributed by atoms with E-state index in [1.54, 1.807) is 6.92 Å². The highest BCUT2D eigenvalue weighted by Gasteiger charge is 2.41. The van der Waals surface area contributed by atoms with Crippen LogP contribution in [-0.4, -0.2) is 26.9 Å². The van der Waals surface area contributed by atoms with E-state index in [4.69, 9.17) is 4.74 Å². The van der Waals surface area contributed by atoms with Crippen molar-refractivity contribution in [1.82, 2.24) is 9.55 Å². The van der Waals surface area contributed by atoms with Crippen LogP contribution in [0.5, 0.6) is 0 Å². The first kappa shape index (κ1) is 15.7. The molecule has 3 rings (SSSR count). The van der Waals surface area contributed by atoms with E-state index >= 15 is 0 Å². The molecule has 2 aromatic rings. The zero-order valence-electron chi connectivity index (χ0n) is 13.0. The largest absolute Gasteiger partial charge is 0.393 e. The number of nitrogens with zero attached hydrogens (tertiary/aromatic N) is 1. The van der Waals surface area contributed by atoms with Gasteiger partial charge in [-0.15, -0.1) is 0 Å². The maximum absolute atomic E-state index is 12.0. The number of H-pyrrole nitrogens is 1. The van der Waals surface area contributed by atoms with Crippen LogP contribution in [0.3, 0.4) is 0 Å². The van der Waals surface area contributed by atoms with Gasteiger partial charge in [0, 0.05) is 18.2 Å². The minimum Gasteiger partial charge on any atom is -0.393 e. The van der Waals surface area contributed by atoms with Crippen LogP contribution in [0.2, 0.25) is 0 Å². The maximum atomic E-state index is 12.0. The van der Waals surface area contributed by atoms with Crippen molar-refractivity contribution < 1.29 is 9.84 Å². The van der Waals surface area contributed by atoms with Gasteiger partial charge in [-0.2, -0.15) is 0 Å². The van der Waals surface area contributed by atoms with E-state index in [2.05, 4.69) is 4.98 Å². The highest BCUT2D eigenvalue weighted by Crippen LogP contribution is 2.37. The molecule has 1 saturated heterocycles. The SMILES string of the molecule is Cc1cn([C@@H]2CC[C@](CO)(Cc3ccccc3)O2)c(=O)[nH]c1=O. The minimum absolute atomic E-state index is 0.116. The lowest BCUT2D eigenvalue weighted by atomic mass is 9.92. The van der Waals surface area contributed by atoms with Crippen LogP contribution < -0.4 is 11.2 Å². The van der Waals surface area contributed by atoms with Crippen LogP contribution in [-0.2, 0) is 11.2 Å². The number of ether oxygens (including phenoxy) is 1. The van der Waals surface area contributed by atoms with Crippen LogP contribution in [0.4, 0.5) is 0 Å². The monoisotopic (exact) mass is 316 g/mol. The van der Waals surface area contributed by atoms with Gasteiger partial charge in [0.2, 0.25) is 0 Å². The second kappa shape index (κ2) is 6.14. The molecular formula is C17H20N2O4. The van der Waals surface area contributed by atoms with Gasteiger partial charge in [-0.1, -0.05) is 30.3 Å². The van der Waals surface area contributed by atoms with Gasteiger partial charge in [-0.3, -0.25) is 14.3 Å². The molecule has 6 nitrogen and oxygen atoms in total. The molecule has 1 fully saturated rings. The molecule has 0 saturated carbocycles. The highest BCUT2D eigenvalue weighted by atomic mass is 16.5. The van der Waals surface area contributed by atoms with E-state index in [1.807, 2.05) is 30.3 Å². The summed E-state index contributed by atoms with van der Waals surface area (Å²) in [4.78, 5) is 25.8. The molecule has 0 unspecified atom stereocenters. The summed E-state index contributed by atoms with van der Waals surface area (Å²) >= 11 is 0. The van der Waals surface area contributed by atoms with Gasteiger partial charge >= 0.3 is 5.69 Å². The summed E-state index contributed by atoms with van der Waals surface area (Å²) in [5.41, 5.74) is -0.0406. The number of rotatable bonds is 4. The van der Waals surface area contributed by atoms with Crippen molar-refractivity contribution in [2.24, 2.45) is 0 Å². The molecule has 122 valence electrons. The molecule has 2 atom stereocenters. The van der Waals surface area contributed by atoms with Gasteiger partial charge < -0.3 is 9.84 Å². The number of aromatic amines is 1. The molecule has 1 aliphatic rings. The summed E-state index contributed by atoms with van der Waals surface area (Å²) in [6, 6.07) is 9.82. The Morgan fingerprint density at radius 2 is 2.09 bits per heavy atom. The first-order valence-electron chi connectivity index (χ1n) is 7.68. The van der Waals surface area contributed by atoms with Crippen LogP contribution in [0.25, 0.3) is 0 Å². The average Bonchev–Trinajstić information content (AvgIpc) is 2.96. The van der Waals surface area contributed by atoms with E-state index in [9.17, 15) is 14.7 Å². The highest BCUT2D eigenvalue weighted by molar-refractivity contribution is 5.18. The van der Waals surface area contributed by atoms with Crippen LogP contribution in [0.1, 0.15) is 30.2 Å². The summed E-state index contributed by atoms with van der Waals surface area (Å²) < 4.78 is 7.46. The number of aromatic nitrogens is 2.